The second kappa shape index (κ2) is 7.95. The number of hydrogen-bond donors (Lipinski definition) is 0. The van der Waals surface area contributed by atoms with Gasteiger partial charge in [0.15, 0.2) is 16.7 Å². The number of aryl methyl sites for hydroxylation is 1. The predicted octanol–water partition coefficient (Wildman–Crippen LogP) is 4.24. The molecule has 142 valence electrons. The van der Waals surface area contributed by atoms with Crippen molar-refractivity contribution in [3.63, 3.8) is 0 Å². The molecule has 0 aliphatic rings. The van der Waals surface area contributed by atoms with Crippen molar-refractivity contribution in [3.8, 4) is 34.0 Å². The van der Waals surface area contributed by atoms with E-state index in [1.807, 2.05) is 42.1 Å². The number of ether oxygens (including phenoxy) is 2. The largest absolute Gasteiger partial charge is 0.497 e. The molecular weight excluding hydrogens is 398 g/mol. The lowest BCUT2D eigenvalue weighted by molar-refractivity contribution is 0.293. The van der Waals surface area contributed by atoms with E-state index in [4.69, 9.17) is 21.1 Å². The van der Waals surface area contributed by atoms with Gasteiger partial charge in [0, 0.05) is 30.9 Å². The van der Waals surface area contributed by atoms with Gasteiger partial charge in [-0.2, -0.15) is 4.98 Å². The van der Waals surface area contributed by atoms with E-state index in [2.05, 4.69) is 19.9 Å². The van der Waals surface area contributed by atoms with Crippen LogP contribution in [-0.4, -0.2) is 31.6 Å². The van der Waals surface area contributed by atoms with Gasteiger partial charge in [-0.3, -0.25) is 0 Å². The second-order valence-electron chi connectivity index (χ2n) is 5.89. The lowest BCUT2D eigenvalue weighted by Gasteiger charge is -2.09. The standard InChI is InChI=1S/C19H16ClN5O2S/c1-25-8-7-21-18(25)14-9-16(24-17(22-14)19-23-15(20)11-28-19)27-10-12-3-5-13(26-2)6-4-12/h3-9,11H,10H2,1-2H3. The summed E-state index contributed by atoms with van der Waals surface area (Å²) in [4.78, 5) is 17.7. The lowest BCUT2D eigenvalue weighted by atomic mass is 10.2. The van der Waals surface area contributed by atoms with E-state index in [0.717, 1.165) is 11.3 Å². The molecule has 0 unspecified atom stereocenters. The van der Waals surface area contributed by atoms with Crippen molar-refractivity contribution in [2.45, 2.75) is 6.61 Å². The summed E-state index contributed by atoms with van der Waals surface area (Å²) in [6.07, 6.45) is 3.57. The van der Waals surface area contributed by atoms with Crippen molar-refractivity contribution in [2.24, 2.45) is 7.05 Å². The zero-order chi connectivity index (χ0) is 19.5. The van der Waals surface area contributed by atoms with E-state index in [1.165, 1.54) is 11.3 Å². The van der Waals surface area contributed by atoms with E-state index in [0.29, 0.717) is 40.0 Å². The topological polar surface area (TPSA) is 75.0 Å². The summed E-state index contributed by atoms with van der Waals surface area (Å²) in [5.74, 6) is 2.39. The summed E-state index contributed by atoms with van der Waals surface area (Å²) >= 11 is 7.34. The number of rotatable bonds is 6. The minimum Gasteiger partial charge on any atom is -0.497 e. The number of aromatic nitrogens is 5. The Bertz CT molecular complexity index is 1090. The van der Waals surface area contributed by atoms with Gasteiger partial charge in [-0.25, -0.2) is 15.0 Å². The van der Waals surface area contributed by atoms with Crippen molar-refractivity contribution in [1.82, 2.24) is 24.5 Å². The van der Waals surface area contributed by atoms with Gasteiger partial charge in [0.1, 0.15) is 23.2 Å². The summed E-state index contributed by atoms with van der Waals surface area (Å²) < 4.78 is 13.0. The Morgan fingerprint density at radius 3 is 2.61 bits per heavy atom. The number of methoxy groups -OCH3 is 1. The van der Waals surface area contributed by atoms with E-state index in [-0.39, 0.29) is 0 Å². The van der Waals surface area contributed by atoms with E-state index in [1.54, 1.807) is 24.8 Å². The number of nitrogens with zero attached hydrogens (tertiary/aromatic N) is 5. The van der Waals surface area contributed by atoms with Gasteiger partial charge in [0.25, 0.3) is 0 Å². The average Bonchev–Trinajstić information content (AvgIpc) is 3.35. The molecular formula is C19H16ClN5O2S. The van der Waals surface area contributed by atoms with Crippen molar-refractivity contribution >= 4 is 22.9 Å². The summed E-state index contributed by atoms with van der Waals surface area (Å²) in [6, 6.07) is 9.44. The molecule has 0 aliphatic carbocycles. The Balaban J connectivity index is 1.66. The molecule has 0 saturated heterocycles. The molecule has 0 bridgehead atoms. The molecule has 4 rings (SSSR count). The third-order valence-corrected chi connectivity index (χ3v) is 5.13. The lowest BCUT2D eigenvalue weighted by Crippen LogP contribution is -2.02. The molecule has 0 fully saturated rings. The van der Waals surface area contributed by atoms with Crippen LogP contribution >= 0.6 is 22.9 Å². The van der Waals surface area contributed by atoms with E-state index < -0.39 is 0 Å². The van der Waals surface area contributed by atoms with Gasteiger partial charge < -0.3 is 14.0 Å². The highest BCUT2D eigenvalue weighted by Gasteiger charge is 2.15. The third kappa shape index (κ3) is 3.97. The van der Waals surface area contributed by atoms with E-state index in [9.17, 15) is 0 Å². The highest BCUT2D eigenvalue weighted by atomic mass is 35.5. The third-order valence-electron chi connectivity index (χ3n) is 3.97. The molecule has 3 aromatic heterocycles. The van der Waals surface area contributed by atoms with Crippen molar-refractivity contribution < 1.29 is 9.47 Å². The van der Waals surface area contributed by atoms with Gasteiger partial charge in [-0.15, -0.1) is 11.3 Å². The highest BCUT2D eigenvalue weighted by Crippen LogP contribution is 2.28. The molecule has 7 nitrogen and oxygen atoms in total. The minimum absolute atomic E-state index is 0.360. The smallest absolute Gasteiger partial charge is 0.218 e. The van der Waals surface area contributed by atoms with Gasteiger partial charge >= 0.3 is 0 Å². The Morgan fingerprint density at radius 2 is 1.96 bits per heavy atom. The summed E-state index contributed by atoms with van der Waals surface area (Å²) in [7, 11) is 3.54. The fourth-order valence-corrected chi connectivity index (χ4v) is 3.44. The molecule has 3 heterocycles. The van der Waals surface area contributed by atoms with Crippen LogP contribution in [-0.2, 0) is 13.7 Å². The molecule has 0 atom stereocenters. The normalized spacial score (nSPS) is 10.8. The Hall–Kier alpha value is -2.97. The Morgan fingerprint density at radius 1 is 1.14 bits per heavy atom. The van der Waals surface area contributed by atoms with Crippen LogP contribution in [0.1, 0.15) is 5.56 Å². The molecule has 1 aromatic carbocycles. The van der Waals surface area contributed by atoms with Crippen molar-refractivity contribution in [2.75, 3.05) is 7.11 Å². The second-order valence-corrected chi connectivity index (χ2v) is 7.13. The van der Waals surface area contributed by atoms with Gasteiger partial charge in [-0.1, -0.05) is 23.7 Å². The fourth-order valence-electron chi connectivity index (χ4n) is 2.56. The van der Waals surface area contributed by atoms with Crippen LogP contribution in [0.5, 0.6) is 11.6 Å². The highest BCUT2D eigenvalue weighted by molar-refractivity contribution is 7.13. The van der Waals surface area contributed by atoms with Crippen molar-refractivity contribution in [1.29, 1.82) is 0 Å². The molecule has 0 N–H and O–H groups in total. The first-order chi connectivity index (χ1) is 13.6. The van der Waals surface area contributed by atoms with Crippen molar-refractivity contribution in [3.05, 3.63) is 58.8 Å². The van der Waals surface area contributed by atoms with E-state index >= 15 is 0 Å². The van der Waals surface area contributed by atoms with Gasteiger partial charge in [0.2, 0.25) is 5.88 Å². The number of hydrogen-bond acceptors (Lipinski definition) is 7. The molecule has 0 spiro atoms. The van der Waals surface area contributed by atoms with Crippen LogP contribution in [0.3, 0.4) is 0 Å². The van der Waals surface area contributed by atoms with Crippen LogP contribution in [0.25, 0.3) is 22.4 Å². The monoisotopic (exact) mass is 413 g/mol. The first kappa shape index (κ1) is 18.4. The molecule has 9 heteroatoms. The zero-order valence-electron chi connectivity index (χ0n) is 15.2. The van der Waals surface area contributed by atoms with Crippen LogP contribution < -0.4 is 9.47 Å². The predicted molar refractivity (Wildman–Crippen MR) is 108 cm³/mol. The molecule has 0 aliphatic heterocycles. The Kier molecular flexibility index (Phi) is 5.23. The summed E-state index contributed by atoms with van der Waals surface area (Å²) in [6.45, 7) is 0.360. The SMILES string of the molecule is COc1ccc(COc2cc(-c3nccn3C)nc(-c3nc(Cl)cs3)n2)cc1. The van der Waals surface area contributed by atoms with Gasteiger partial charge in [0.05, 0.1) is 7.11 Å². The maximum atomic E-state index is 5.97. The zero-order valence-corrected chi connectivity index (χ0v) is 16.7. The average molecular weight is 414 g/mol. The summed E-state index contributed by atoms with van der Waals surface area (Å²) in [5.41, 5.74) is 1.64. The van der Waals surface area contributed by atoms with Crippen LogP contribution in [0.15, 0.2) is 48.1 Å². The molecule has 28 heavy (non-hydrogen) atoms. The quantitative estimate of drug-likeness (QED) is 0.470. The van der Waals surface area contributed by atoms with Gasteiger partial charge in [-0.05, 0) is 17.7 Å². The number of halogens is 1. The number of benzene rings is 1. The fraction of sp³-hybridized carbons (Fsp3) is 0.158. The Labute approximate surface area is 170 Å². The van der Waals surface area contributed by atoms with Crippen LogP contribution in [0.4, 0.5) is 0 Å². The first-order valence-corrected chi connectivity index (χ1v) is 9.62. The van der Waals surface area contributed by atoms with Crippen LogP contribution in [0.2, 0.25) is 5.15 Å². The van der Waals surface area contributed by atoms with Crippen LogP contribution in [0, 0.1) is 0 Å². The molecule has 0 saturated carbocycles. The molecule has 0 amide bonds. The summed E-state index contributed by atoms with van der Waals surface area (Å²) in [5, 5.41) is 2.77. The molecule has 0 radical (unpaired) electrons. The number of thiazole rings is 1. The first-order valence-electron chi connectivity index (χ1n) is 8.36. The maximum Gasteiger partial charge on any atom is 0.218 e. The molecule has 4 aromatic rings. The maximum absolute atomic E-state index is 5.97. The minimum atomic E-state index is 0.360. The number of imidazole rings is 1.